The Morgan fingerprint density at radius 1 is 1.10 bits per heavy atom. The number of unbranched alkanes of at least 4 members (excludes halogenated alkanes) is 3. The molecule has 0 saturated carbocycles. The average Bonchev–Trinajstić information content (AvgIpc) is 2.66. The van der Waals surface area contributed by atoms with Crippen LogP contribution >= 0.6 is 0 Å². The highest BCUT2D eigenvalue weighted by atomic mass is 16.5. The number of aromatic nitrogens is 2. The van der Waals surface area contributed by atoms with E-state index in [-0.39, 0.29) is 34.5 Å². The molecular formula is C24H43BN2O4. The van der Waals surface area contributed by atoms with Gasteiger partial charge in [0.1, 0.15) is 7.85 Å². The summed E-state index contributed by atoms with van der Waals surface area (Å²) in [5, 5.41) is 0.0630. The van der Waals surface area contributed by atoms with Gasteiger partial charge in [0.25, 0.3) is 5.56 Å². The monoisotopic (exact) mass is 434 g/mol. The third-order valence-electron chi connectivity index (χ3n) is 6.28. The molecule has 0 aliphatic heterocycles. The quantitative estimate of drug-likeness (QED) is 0.268. The molecule has 31 heavy (non-hydrogen) atoms. The molecule has 2 unspecified atom stereocenters. The molecule has 0 aliphatic rings. The van der Waals surface area contributed by atoms with Crippen LogP contribution in [0.15, 0.2) is 21.9 Å². The van der Waals surface area contributed by atoms with Crippen molar-refractivity contribution >= 4 is 13.8 Å². The van der Waals surface area contributed by atoms with Crippen molar-refractivity contribution in [3.05, 3.63) is 33.1 Å². The van der Waals surface area contributed by atoms with Crippen molar-refractivity contribution < 1.29 is 9.53 Å². The van der Waals surface area contributed by atoms with Crippen LogP contribution in [0.5, 0.6) is 0 Å². The van der Waals surface area contributed by atoms with Gasteiger partial charge >= 0.3 is 11.7 Å². The summed E-state index contributed by atoms with van der Waals surface area (Å²) in [5.74, 6) is 0.118. The number of esters is 1. The van der Waals surface area contributed by atoms with E-state index in [0.29, 0.717) is 13.2 Å². The Bertz CT molecular complexity index is 822. The van der Waals surface area contributed by atoms with Gasteiger partial charge < -0.3 is 9.30 Å². The van der Waals surface area contributed by atoms with Crippen LogP contribution in [0.4, 0.5) is 0 Å². The molecule has 176 valence electrons. The van der Waals surface area contributed by atoms with Crippen molar-refractivity contribution in [3.8, 4) is 0 Å². The maximum atomic E-state index is 12.7. The highest BCUT2D eigenvalue weighted by Crippen LogP contribution is 2.42. The van der Waals surface area contributed by atoms with Gasteiger partial charge in [-0.25, -0.2) is 4.79 Å². The maximum Gasteiger partial charge on any atom is 0.331 e. The lowest BCUT2D eigenvalue weighted by Gasteiger charge is -2.37. The van der Waals surface area contributed by atoms with E-state index in [0.717, 1.165) is 38.5 Å². The van der Waals surface area contributed by atoms with Gasteiger partial charge in [-0.3, -0.25) is 14.2 Å². The molecule has 1 aromatic heterocycles. The molecular weight excluding hydrogens is 391 g/mol. The molecule has 0 amide bonds. The third-order valence-corrected chi connectivity index (χ3v) is 6.28. The number of rotatable bonds is 13. The number of aryl methyl sites for hydroxylation is 1. The van der Waals surface area contributed by atoms with E-state index in [2.05, 4.69) is 35.5 Å². The Hall–Kier alpha value is -1.79. The normalized spacial score (nSPS) is 15.0. The lowest BCUT2D eigenvalue weighted by Crippen LogP contribution is -2.40. The lowest BCUT2D eigenvalue weighted by molar-refractivity contribution is -0.159. The molecule has 2 atom stereocenters. The minimum absolute atomic E-state index is 0.0630. The van der Waals surface area contributed by atoms with Crippen LogP contribution in [0.2, 0.25) is 5.31 Å². The van der Waals surface area contributed by atoms with Crippen LogP contribution in [0.25, 0.3) is 0 Å². The highest BCUT2D eigenvalue weighted by Gasteiger charge is 2.41. The second kappa shape index (κ2) is 11.7. The lowest BCUT2D eigenvalue weighted by atomic mass is 9.60. The summed E-state index contributed by atoms with van der Waals surface area (Å²) in [5.41, 5.74) is -0.946. The van der Waals surface area contributed by atoms with E-state index in [9.17, 15) is 14.4 Å². The Morgan fingerprint density at radius 3 is 2.26 bits per heavy atom. The van der Waals surface area contributed by atoms with Gasteiger partial charge in [-0.15, -0.1) is 0 Å². The predicted molar refractivity (Wildman–Crippen MR) is 130 cm³/mol. The van der Waals surface area contributed by atoms with E-state index in [1.807, 2.05) is 20.8 Å². The molecule has 1 heterocycles. The van der Waals surface area contributed by atoms with Gasteiger partial charge in [-0.1, -0.05) is 46.4 Å². The highest BCUT2D eigenvalue weighted by molar-refractivity contribution is 6.14. The molecule has 0 aliphatic carbocycles. The van der Waals surface area contributed by atoms with E-state index in [1.165, 1.54) is 10.6 Å². The summed E-state index contributed by atoms with van der Waals surface area (Å²) in [4.78, 5) is 37.3. The predicted octanol–water partition coefficient (Wildman–Crippen LogP) is 3.97. The topological polar surface area (TPSA) is 70.3 Å². The molecule has 1 rings (SSSR count). The molecule has 0 fully saturated rings. The van der Waals surface area contributed by atoms with Crippen molar-refractivity contribution in [1.29, 1.82) is 0 Å². The van der Waals surface area contributed by atoms with Crippen molar-refractivity contribution in [2.45, 2.75) is 105 Å². The first-order valence-corrected chi connectivity index (χ1v) is 11.8. The van der Waals surface area contributed by atoms with Crippen LogP contribution in [-0.2, 0) is 16.1 Å². The van der Waals surface area contributed by atoms with Crippen LogP contribution in [0.1, 0.15) is 93.0 Å². The van der Waals surface area contributed by atoms with Crippen LogP contribution in [-0.4, -0.2) is 29.6 Å². The van der Waals surface area contributed by atoms with Crippen LogP contribution in [0.3, 0.4) is 0 Å². The zero-order valence-corrected chi connectivity index (χ0v) is 21.0. The smallest absolute Gasteiger partial charge is 0.331 e. The van der Waals surface area contributed by atoms with E-state index >= 15 is 0 Å². The van der Waals surface area contributed by atoms with Gasteiger partial charge in [0.2, 0.25) is 0 Å². The summed E-state index contributed by atoms with van der Waals surface area (Å²) in [6.07, 6.45) is 6.67. The minimum Gasteiger partial charge on any atom is -0.465 e. The first-order chi connectivity index (χ1) is 14.3. The molecule has 0 spiro atoms. The molecule has 0 saturated heterocycles. The summed E-state index contributed by atoms with van der Waals surface area (Å²) in [7, 11) is 2.15. The fraction of sp³-hybridized carbons (Fsp3) is 0.792. The number of ether oxygens (including phenoxy) is 1. The van der Waals surface area contributed by atoms with Crippen molar-refractivity contribution in [2.75, 3.05) is 6.61 Å². The molecule has 1 aromatic rings. The summed E-state index contributed by atoms with van der Waals surface area (Å²) < 4.78 is 8.59. The fourth-order valence-corrected chi connectivity index (χ4v) is 3.97. The van der Waals surface area contributed by atoms with E-state index in [1.54, 1.807) is 10.8 Å². The van der Waals surface area contributed by atoms with Gasteiger partial charge in [0.05, 0.1) is 12.0 Å². The molecule has 0 aromatic carbocycles. The fourth-order valence-electron chi connectivity index (χ4n) is 3.97. The standard InChI is InChI=1S/C24H43BN2O4/c1-8-19(4)27-20(28)13-15-26(22(27)30)14-11-9-10-12-16-31-21(29)24(7,18(2)3)17-23(5,6)25/h13,15,18-19H,8-12,14,16-17,25H2,1-7H3. The summed E-state index contributed by atoms with van der Waals surface area (Å²) in [6, 6.07) is 1.37. The van der Waals surface area contributed by atoms with Crippen molar-refractivity contribution in [1.82, 2.24) is 9.13 Å². The Morgan fingerprint density at radius 2 is 1.71 bits per heavy atom. The van der Waals surface area contributed by atoms with Crippen LogP contribution in [0, 0.1) is 11.3 Å². The number of hydrogen-bond donors (Lipinski definition) is 0. The summed E-state index contributed by atoms with van der Waals surface area (Å²) in [6.45, 7) is 15.4. The van der Waals surface area contributed by atoms with Crippen molar-refractivity contribution in [3.63, 3.8) is 0 Å². The zero-order chi connectivity index (χ0) is 23.8. The Kier molecular flexibility index (Phi) is 10.3. The largest absolute Gasteiger partial charge is 0.465 e. The van der Waals surface area contributed by atoms with Gasteiger partial charge in [0, 0.05) is 24.8 Å². The van der Waals surface area contributed by atoms with Crippen molar-refractivity contribution in [2.24, 2.45) is 11.3 Å². The molecule has 7 heteroatoms. The SMILES string of the molecule is BC(C)(C)CC(C)(C(=O)OCCCCCCn1ccc(=O)n(C(C)CC)c1=O)C(C)C. The Balaban J connectivity index is 2.46. The van der Waals surface area contributed by atoms with Crippen LogP contribution < -0.4 is 11.2 Å². The molecule has 0 bridgehead atoms. The third kappa shape index (κ3) is 8.01. The first kappa shape index (κ1) is 27.2. The Labute approximate surface area is 188 Å². The van der Waals surface area contributed by atoms with E-state index < -0.39 is 5.41 Å². The first-order valence-electron chi connectivity index (χ1n) is 11.8. The second-order valence-electron chi connectivity index (χ2n) is 10.6. The zero-order valence-electron chi connectivity index (χ0n) is 21.0. The minimum atomic E-state index is -0.474. The average molecular weight is 434 g/mol. The number of carbonyl (C=O) groups is 1. The van der Waals surface area contributed by atoms with Gasteiger partial charge in [-0.05, 0) is 51.9 Å². The molecule has 0 radical (unpaired) electrons. The number of nitrogens with zero attached hydrogens (tertiary/aromatic N) is 2. The maximum absolute atomic E-state index is 12.7. The molecule has 6 nitrogen and oxygen atoms in total. The second-order valence-corrected chi connectivity index (χ2v) is 10.6. The van der Waals surface area contributed by atoms with E-state index in [4.69, 9.17) is 4.74 Å². The number of hydrogen-bond acceptors (Lipinski definition) is 4. The number of carbonyl (C=O) groups excluding carboxylic acids is 1. The molecule has 0 N–H and O–H groups in total. The van der Waals surface area contributed by atoms with Gasteiger partial charge in [-0.2, -0.15) is 0 Å². The van der Waals surface area contributed by atoms with Gasteiger partial charge in [0.15, 0.2) is 0 Å². The summed E-state index contributed by atoms with van der Waals surface area (Å²) >= 11 is 0.